The van der Waals surface area contributed by atoms with Crippen molar-refractivity contribution in [3.63, 3.8) is 0 Å². The van der Waals surface area contributed by atoms with Crippen LogP contribution in [0.25, 0.3) is 0 Å². The molecular weight excluding hydrogens is 230 g/mol. The molecule has 4 heteroatoms. The van der Waals surface area contributed by atoms with Gasteiger partial charge in [0.2, 0.25) is 5.91 Å². The van der Waals surface area contributed by atoms with E-state index in [-0.39, 0.29) is 11.9 Å². The molecule has 0 radical (unpaired) electrons. The number of nitrogens with zero attached hydrogens (tertiary/aromatic N) is 1. The Hall–Kier alpha value is -1.65. The molecule has 0 unspecified atom stereocenters. The van der Waals surface area contributed by atoms with Gasteiger partial charge in [-0.2, -0.15) is 0 Å². The third kappa shape index (κ3) is 1.57. The normalized spacial score (nSPS) is 31.8. The van der Waals surface area contributed by atoms with Crippen LogP contribution in [0.15, 0.2) is 42.5 Å². The summed E-state index contributed by atoms with van der Waals surface area (Å²) in [7, 11) is 0. The maximum atomic E-state index is 11.9. The fourth-order valence-corrected chi connectivity index (χ4v) is 2.65. The summed E-state index contributed by atoms with van der Waals surface area (Å²) < 4.78 is 5.65. The van der Waals surface area contributed by atoms with E-state index >= 15 is 0 Å². The van der Waals surface area contributed by atoms with E-state index in [9.17, 15) is 9.90 Å². The number of hydrogen-bond donors (Lipinski definition) is 1. The lowest BCUT2D eigenvalue weighted by Crippen LogP contribution is -2.46. The van der Waals surface area contributed by atoms with Crippen molar-refractivity contribution in [3.8, 4) is 0 Å². The first-order chi connectivity index (χ1) is 8.62. The Bertz CT molecular complexity index is 499. The van der Waals surface area contributed by atoms with E-state index in [2.05, 4.69) is 0 Å². The van der Waals surface area contributed by atoms with Crippen LogP contribution in [-0.2, 0) is 9.53 Å². The number of fused-ring (bicyclic) bond motifs is 1. The van der Waals surface area contributed by atoms with Crippen molar-refractivity contribution in [1.82, 2.24) is 4.90 Å². The van der Waals surface area contributed by atoms with Crippen molar-refractivity contribution in [2.45, 2.75) is 24.8 Å². The Balaban J connectivity index is 1.89. The summed E-state index contributed by atoms with van der Waals surface area (Å²) in [4.78, 5) is 13.5. The van der Waals surface area contributed by atoms with E-state index in [1.54, 1.807) is 11.0 Å². The molecule has 3 atom stereocenters. The number of carbonyl (C=O) groups excluding carboxylic acids is 1. The number of hydrogen-bond acceptors (Lipinski definition) is 3. The second-order valence-corrected chi connectivity index (χ2v) is 4.83. The summed E-state index contributed by atoms with van der Waals surface area (Å²) in [5.41, 5.74) is 0.104. The lowest BCUT2D eigenvalue weighted by atomic mass is 10.0. The van der Waals surface area contributed by atoms with Gasteiger partial charge in [-0.15, -0.1) is 0 Å². The van der Waals surface area contributed by atoms with Crippen LogP contribution in [0.4, 0.5) is 0 Å². The molecule has 0 bridgehead atoms. The van der Waals surface area contributed by atoms with Gasteiger partial charge in [0.05, 0.1) is 12.6 Å². The van der Waals surface area contributed by atoms with E-state index in [0.29, 0.717) is 6.61 Å². The third-order valence-electron chi connectivity index (χ3n) is 3.63. The lowest BCUT2D eigenvalue weighted by molar-refractivity contribution is -0.136. The summed E-state index contributed by atoms with van der Waals surface area (Å²) in [6, 6.07) is 9.02. The van der Waals surface area contributed by atoms with Gasteiger partial charge in [0.1, 0.15) is 6.10 Å². The van der Waals surface area contributed by atoms with E-state index in [1.807, 2.05) is 37.3 Å². The zero-order chi connectivity index (χ0) is 12.8. The number of rotatable bonds is 2. The van der Waals surface area contributed by atoms with Gasteiger partial charge in [0.25, 0.3) is 0 Å². The largest absolute Gasteiger partial charge is 0.386 e. The molecule has 1 saturated heterocycles. The Kier molecular flexibility index (Phi) is 2.50. The maximum absolute atomic E-state index is 11.9. The molecule has 2 aliphatic rings. The number of amides is 1. The molecule has 3 rings (SSSR count). The van der Waals surface area contributed by atoms with Crippen molar-refractivity contribution in [3.05, 3.63) is 48.0 Å². The highest BCUT2D eigenvalue weighted by molar-refractivity contribution is 5.91. The van der Waals surface area contributed by atoms with Gasteiger partial charge in [-0.3, -0.25) is 9.69 Å². The molecule has 1 aromatic rings. The minimum atomic E-state index is -0.725. The van der Waals surface area contributed by atoms with Crippen LogP contribution in [0.5, 0.6) is 0 Å². The SMILES string of the molecule is C[C@]12C=CC(=O)N1[C@H]([C@@H](O)c1ccccc1)CO2. The van der Waals surface area contributed by atoms with Gasteiger partial charge in [-0.05, 0) is 18.6 Å². The van der Waals surface area contributed by atoms with Gasteiger partial charge in [0.15, 0.2) is 5.72 Å². The minimum Gasteiger partial charge on any atom is -0.386 e. The smallest absolute Gasteiger partial charge is 0.249 e. The zero-order valence-corrected chi connectivity index (χ0v) is 10.1. The molecule has 0 aromatic heterocycles. The molecule has 2 aliphatic heterocycles. The summed E-state index contributed by atoms with van der Waals surface area (Å²) in [5.74, 6) is -0.102. The Morgan fingerprint density at radius 3 is 2.89 bits per heavy atom. The van der Waals surface area contributed by atoms with Crippen LogP contribution in [-0.4, -0.2) is 34.3 Å². The predicted octanol–water partition coefficient (Wildman–Crippen LogP) is 1.23. The fourth-order valence-electron chi connectivity index (χ4n) is 2.65. The number of ether oxygens (including phenoxy) is 1. The molecule has 0 aliphatic carbocycles. The van der Waals surface area contributed by atoms with Crippen molar-refractivity contribution in [2.24, 2.45) is 0 Å². The van der Waals surface area contributed by atoms with Crippen molar-refractivity contribution in [2.75, 3.05) is 6.61 Å². The fraction of sp³-hybridized carbons (Fsp3) is 0.357. The minimum absolute atomic E-state index is 0.102. The average Bonchev–Trinajstić information content (AvgIpc) is 2.87. The van der Waals surface area contributed by atoms with Crippen molar-refractivity contribution < 1.29 is 14.6 Å². The van der Waals surface area contributed by atoms with Crippen LogP contribution in [0.2, 0.25) is 0 Å². The number of carbonyl (C=O) groups is 1. The first kappa shape index (κ1) is 11.4. The predicted molar refractivity (Wildman–Crippen MR) is 65.5 cm³/mol. The van der Waals surface area contributed by atoms with Gasteiger partial charge >= 0.3 is 0 Å². The molecule has 0 spiro atoms. The highest BCUT2D eigenvalue weighted by Gasteiger charge is 2.50. The van der Waals surface area contributed by atoms with Crippen LogP contribution in [0, 0.1) is 0 Å². The number of benzene rings is 1. The standard InChI is InChI=1S/C14H15NO3/c1-14-8-7-12(16)15(14)11(9-18-14)13(17)10-5-3-2-4-6-10/h2-8,11,13,17H,9H2,1H3/t11-,13-,14-/m0/s1. The summed E-state index contributed by atoms with van der Waals surface area (Å²) in [6.45, 7) is 2.19. The van der Waals surface area contributed by atoms with E-state index < -0.39 is 11.8 Å². The third-order valence-corrected chi connectivity index (χ3v) is 3.63. The van der Waals surface area contributed by atoms with Gasteiger partial charge in [0, 0.05) is 6.08 Å². The van der Waals surface area contributed by atoms with Crippen molar-refractivity contribution >= 4 is 5.91 Å². The quantitative estimate of drug-likeness (QED) is 0.852. The van der Waals surface area contributed by atoms with Crippen molar-refractivity contribution in [1.29, 1.82) is 0 Å². The molecule has 4 nitrogen and oxygen atoms in total. The second kappa shape index (κ2) is 3.93. The van der Waals surface area contributed by atoms with Gasteiger partial charge in [-0.25, -0.2) is 0 Å². The molecule has 94 valence electrons. The first-order valence-corrected chi connectivity index (χ1v) is 6.01. The Morgan fingerprint density at radius 1 is 1.44 bits per heavy atom. The van der Waals surface area contributed by atoms with E-state index in [4.69, 9.17) is 4.74 Å². The highest BCUT2D eigenvalue weighted by Crippen LogP contribution is 2.38. The number of aliphatic hydroxyl groups excluding tert-OH is 1. The maximum Gasteiger partial charge on any atom is 0.249 e. The summed E-state index contributed by atoms with van der Waals surface area (Å²) >= 11 is 0. The summed E-state index contributed by atoms with van der Waals surface area (Å²) in [6.07, 6.45) is 2.52. The molecule has 1 amide bonds. The monoisotopic (exact) mass is 245 g/mol. The van der Waals surface area contributed by atoms with Crippen LogP contribution in [0.3, 0.4) is 0 Å². The molecule has 18 heavy (non-hydrogen) atoms. The summed E-state index contributed by atoms with van der Waals surface area (Å²) in [5, 5.41) is 10.4. The molecule has 1 N–H and O–H groups in total. The van der Waals surface area contributed by atoms with Crippen LogP contribution < -0.4 is 0 Å². The second-order valence-electron chi connectivity index (χ2n) is 4.83. The lowest BCUT2D eigenvalue weighted by Gasteiger charge is -2.31. The molecule has 0 saturated carbocycles. The molecule has 2 heterocycles. The Morgan fingerprint density at radius 2 is 2.17 bits per heavy atom. The molecule has 1 aromatic carbocycles. The first-order valence-electron chi connectivity index (χ1n) is 6.01. The van der Waals surface area contributed by atoms with E-state index in [1.165, 1.54) is 6.08 Å². The number of aliphatic hydroxyl groups is 1. The van der Waals surface area contributed by atoms with Gasteiger partial charge in [-0.1, -0.05) is 30.3 Å². The van der Waals surface area contributed by atoms with Crippen LogP contribution in [0.1, 0.15) is 18.6 Å². The molecular formula is C14H15NO3. The zero-order valence-electron chi connectivity index (χ0n) is 10.1. The topological polar surface area (TPSA) is 49.8 Å². The highest BCUT2D eigenvalue weighted by atomic mass is 16.5. The average molecular weight is 245 g/mol. The van der Waals surface area contributed by atoms with E-state index in [0.717, 1.165) is 5.56 Å². The van der Waals surface area contributed by atoms with Crippen LogP contribution >= 0.6 is 0 Å². The molecule has 1 fully saturated rings. The van der Waals surface area contributed by atoms with Gasteiger partial charge < -0.3 is 9.84 Å². The Labute approximate surface area is 105 Å².